The molecule has 2 aromatic heterocycles. The zero-order valence-electron chi connectivity index (χ0n) is 13.0. The lowest BCUT2D eigenvalue weighted by molar-refractivity contribution is -0.0291. The third kappa shape index (κ3) is 2.63. The Kier molecular flexibility index (Phi) is 4.29. The Morgan fingerprint density at radius 1 is 1.21 bits per heavy atom. The second-order valence-corrected chi connectivity index (χ2v) is 6.68. The fourth-order valence-electron chi connectivity index (χ4n) is 3.49. The molecule has 3 heterocycles. The van der Waals surface area contributed by atoms with E-state index in [0.29, 0.717) is 23.0 Å². The van der Waals surface area contributed by atoms with Gasteiger partial charge in [0.1, 0.15) is 24.6 Å². The van der Waals surface area contributed by atoms with E-state index in [1.54, 1.807) is 10.9 Å². The highest BCUT2D eigenvalue weighted by Gasteiger charge is 2.43. The molecule has 1 saturated heterocycles. The highest BCUT2D eigenvalue weighted by atomic mass is 35.5. The van der Waals surface area contributed by atoms with E-state index >= 15 is 0 Å². The maximum absolute atomic E-state index is 10.2. The fourth-order valence-corrected chi connectivity index (χ4v) is 3.75. The molecule has 1 aliphatic carbocycles. The predicted octanol–water partition coefficient (Wildman–Crippen LogP) is 1.04. The van der Waals surface area contributed by atoms with Crippen LogP contribution in [0.1, 0.15) is 31.9 Å². The minimum atomic E-state index is -1.09. The molecular weight excluding hydrogens is 334 g/mol. The summed E-state index contributed by atoms with van der Waals surface area (Å²) in [5.74, 6) is 0.790. The fraction of sp³-hybridized carbons (Fsp3) is 0.667. The Bertz CT molecular complexity index is 720. The van der Waals surface area contributed by atoms with Crippen molar-refractivity contribution in [1.29, 1.82) is 0 Å². The summed E-state index contributed by atoms with van der Waals surface area (Å²) in [4.78, 5) is 13.0. The number of nitrogens with one attached hydrogen (secondary N) is 1. The molecule has 1 saturated carbocycles. The van der Waals surface area contributed by atoms with E-state index in [4.69, 9.17) is 16.3 Å². The number of hydrogen-bond donors (Lipinski definition) is 3. The summed E-state index contributed by atoms with van der Waals surface area (Å²) in [6.45, 7) is 0. The van der Waals surface area contributed by atoms with Crippen molar-refractivity contribution in [2.24, 2.45) is 0 Å². The summed E-state index contributed by atoms with van der Waals surface area (Å²) in [5, 5.41) is 23.7. The van der Waals surface area contributed by atoms with Crippen molar-refractivity contribution in [2.45, 2.75) is 56.3 Å². The van der Waals surface area contributed by atoms with Crippen LogP contribution in [0.15, 0.2) is 12.7 Å². The number of fused-ring (bicyclic) bond motifs is 1. The third-order valence-electron chi connectivity index (χ3n) is 4.82. The molecule has 3 N–H and O–H groups in total. The molecule has 0 spiro atoms. The van der Waals surface area contributed by atoms with Crippen LogP contribution in [0.5, 0.6) is 0 Å². The normalized spacial score (nSPS) is 31.1. The van der Waals surface area contributed by atoms with E-state index in [9.17, 15) is 10.2 Å². The van der Waals surface area contributed by atoms with Crippen molar-refractivity contribution in [3.8, 4) is 0 Å². The van der Waals surface area contributed by atoms with Crippen molar-refractivity contribution in [3.05, 3.63) is 12.7 Å². The molecular formula is C15H20ClN5O3. The molecule has 8 nitrogen and oxygen atoms in total. The van der Waals surface area contributed by atoms with Crippen LogP contribution in [-0.2, 0) is 4.74 Å². The van der Waals surface area contributed by atoms with Gasteiger partial charge in [-0.25, -0.2) is 15.0 Å². The summed E-state index contributed by atoms with van der Waals surface area (Å²) in [5.41, 5.74) is 1.18. The summed E-state index contributed by atoms with van der Waals surface area (Å²) in [7, 11) is 0. The van der Waals surface area contributed by atoms with Crippen LogP contribution in [-0.4, -0.2) is 60.0 Å². The molecule has 0 radical (unpaired) electrons. The molecule has 0 aromatic carbocycles. The smallest absolute Gasteiger partial charge is 0.167 e. The minimum absolute atomic E-state index is 0.102. The number of hydrogen-bond acceptors (Lipinski definition) is 7. The number of ether oxygens (including phenoxy) is 1. The van der Waals surface area contributed by atoms with E-state index in [-0.39, 0.29) is 5.88 Å². The first-order valence-corrected chi connectivity index (χ1v) is 8.74. The number of halogens is 1. The molecule has 0 amide bonds. The van der Waals surface area contributed by atoms with Gasteiger partial charge in [-0.3, -0.25) is 4.57 Å². The summed E-state index contributed by atoms with van der Waals surface area (Å²) >= 11 is 5.78. The third-order valence-corrected chi connectivity index (χ3v) is 5.12. The van der Waals surface area contributed by atoms with Crippen LogP contribution in [0.3, 0.4) is 0 Å². The first-order valence-electron chi connectivity index (χ1n) is 8.20. The average molecular weight is 354 g/mol. The number of nitrogens with zero attached hydrogens (tertiary/aromatic N) is 4. The molecule has 2 aliphatic rings. The van der Waals surface area contributed by atoms with Crippen LogP contribution < -0.4 is 5.32 Å². The molecule has 9 heteroatoms. The molecule has 4 rings (SSSR count). The van der Waals surface area contributed by atoms with Gasteiger partial charge in [-0.1, -0.05) is 12.8 Å². The molecule has 24 heavy (non-hydrogen) atoms. The molecule has 2 aromatic rings. The quantitative estimate of drug-likeness (QED) is 0.705. The standard InChI is InChI=1S/C15H20ClN5O3/c16-5-9-11(22)12(23)15(24-9)21-7-19-10-13(17-6-18-14(10)21)20-8-3-1-2-4-8/h6-9,11-12,15,22-23H,1-5H2,(H,17,18,20)/t9-,11-,12-,15?/m1/s1. The number of aliphatic hydroxyl groups is 2. The van der Waals surface area contributed by atoms with Crippen molar-refractivity contribution in [3.63, 3.8) is 0 Å². The molecule has 1 unspecified atom stereocenters. The van der Waals surface area contributed by atoms with Crippen LogP contribution in [0.2, 0.25) is 0 Å². The van der Waals surface area contributed by atoms with Gasteiger partial charge in [-0.05, 0) is 12.8 Å². The first-order chi connectivity index (χ1) is 11.7. The Labute approximate surface area is 143 Å². The molecule has 2 fully saturated rings. The van der Waals surface area contributed by atoms with Gasteiger partial charge in [0.15, 0.2) is 23.2 Å². The highest BCUT2D eigenvalue weighted by molar-refractivity contribution is 6.18. The van der Waals surface area contributed by atoms with E-state index in [0.717, 1.165) is 12.8 Å². The van der Waals surface area contributed by atoms with Crippen molar-refractivity contribution in [1.82, 2.24) is 19.5 Å². The summed E-state index contributed by atoms with van der Waals surface area (Å²) < 4.78 is 7.29. The lowest BCUT2D eigenvalue weighted by Gasteiger charge is -2.17. The van der Waals surface area contributed by atoms with Gasteiger partial charge < -0.3 is 20.3 Å². The summed E-state index contributed by atoms with van der Waals surface area (Å²) in [6, 6.07) is 0.407. The number of rotatable bonds is 4. The van der Waals surface area contributed by atoms with Gasteiger partial charge in [-0.15, -0.1) is 11.6 Å². The van der Waals surface area contributed by atoms with Gasteiger partial charge in [0.25, 0.3) is 0 Å². The molecule has 0 bridgehead atoms. The minimum Gasteiger partial charge on any atom is -0.387 e. The Hall–Kier alpha value is -1.48. The zero-order valence-corrected chi connectivity index (χ0v) is 13.8. The van der Waals surface area contributed by atoms with Crippen molar-refractivity contribution >= 4 is 28.6 Å². The second kappa shape index (κ2) is 6.44. The van der Waals surface area contributed by atoms with Gasteiger partial charge in [0.05, 0.1) is 12.2 Å². The maximum atomic E-state index is 10.2. The van der Waals surface area contributed by atoms with E-state index in [2.05, 4.69) is 20.3 Å². The lowest BCUT2D eigenvalue weighted by Crippen LogP contribution is -2.32. The van der Waals surface area contributed by atoms with E-state index in [1.165, 1.54) is 19.2 Å². The largest absolute Gasteiger partial charge is 0.387 e. The van der Waals surface area contributed by atoms with Gasteiger partial charge >= 0.3 is 0 Å². The van der Waals surface area contributed by atoms with Crippen LogP contribution >= 0.6 is 11.6 Å². The predicted molar refractivity (Wildman–Crippen MR) is 87.8 cm³/mol. The Morgan fingerprint density at radius 2 is 2.00 bits per heavy atom. The SMILES string of the molecule is O[C@@H]1[C@@H](CCl)OC(n2cnc3c(NC4CCCC4)ncnc32)[C@@H]1O. The van der Waals surface area contributed by atoms with Crippen LogP contribution in [0.25, 0.3) is 11.2 Å². The zero-order chi connectivity index (χ0) is 16.7. The maximum Gasteiger partial charge on any atom is 0.167 e. The topological polar surface area (TPSA) is 105 Å². The number of aliphatic hydroxyl groups excluding tert-OH is 2. The van der Waals surface area contributed by atoms with Gasteiger partial charge in [-0.2, -0.15) is 0 Å². The van der Waals surface area contributed by atoms with Crippen molar-refractivity contribution in [2.75, 3.05) is 11.2 Å². The van der Waals surface area contributed by atoms with E-state index in [1.807, 2.05) is 0 Å². The summed E-state index contributed by atoms with van der Waals surface area (Å²) in [6.07, 6.45) is 4.19. The van der Waals surface area contributed by atoms with Crippen LogP contribution in [0, 0.1) is 0 Å². The Morgan fingerprint density at radius 3 is 2.71 bits per heavy atom. The second-order valence-electron chi connectivity index (χ2n) is 6.37. The lowest BCUT2D eigenvalue weighted by atomic mass is 10.1. The number of imidazole rings is 1. The monoisotopic (exact) mass is 353 g/mol. The van der Waals surface area contributed by atoms with Gasteiger partial charge in [0.2, 0.25) is 0 Å². The van der Waals surface area contributed by atoms with Gasteiger partial charge in [0, 0.05) is 6.04 Å². The Balaban J connectivity index is 1.65. The van der Waals surface area contributed by atoms with Crippen LogP contribution in [0.4, 0.5) is 5.82 Å². The van der Waals surface area contributed by atoms with E-state index < -0.39 is 24.5 Å². The van der Waals surface area contributed by atoms with Crippen molar-refractivity contribution < 1.29 is 14.9 Å². The highest BCUT2D eigenvalue weighted by Crippen LogP contribution is 2.33. The first kappa shape index (κ1) is 16.0. The molecule has 1 aliphatic heterocycles. The number of alkyl halides is 1. The average Bonchev–Trinajstić information content (AvgIpc) is 3.30. The number of aromatic nitrogens is 4. The molecule has 4 atom stereocenters. The molecule has 130 valence electrons. The number of anilines is 1.